The SMILES string of the molecule is CCN(Cc1nc2ccccc2c(=O)[nH]1)C1CC(C)OC1=O. The number of aromatic nitrogens is 2. The molecule has 1 N–H and O–H groups in total. The molecule has 3 rings (SSSR count). The van der Waals surface area contributed by atoms with Gasteiger partial charge in [0.2, 0.25) is 0 Å². The average molecular weight is 301 g/mol. The molecule has 1 aliphatic heterocycles. The Balaban J connectivity index is 1.88. The highest BCUT2D eigenvalue weighted by Gasteiger charge is 2.36. The van der Waals surface area contributed by atoms with E-state index in [1.807, 2.05) is 36.9 Å². The molecule has 0 aliphatic carbocycles. The van der Waals surface area contributed by atoms with E-state index in [9.17, 15) is 9.59 Å². The summed E-state index contributed by atoms with van der Waals surface area (Å²) in [7, 11) is 0. The Morgan fingerprint density at radius 3 is 2.82 bits per heavy atom. The van der Waals surface area contributed by atoms with Crippen LogP contribution in [0.5, 0.6) is 0 Å². The number of hydrogen-bond acceptors (Lipinski definition) is 5. The predicted molar refractivity (Wildman–Crippen MR) is 82.4 cm³/mol. The first-order valence-electron chi connectivity index (χ1n) is 7.51. The third-order valence-electron chi connectivity index (χ3n) is 4.01. The molecule has 1 aromatic carbocycles. The summed E-state index contributed by atoms with van der Waals surface area (Å²) in [6.45, 7) is 4.98. The summed E-state index contributed by atoms with van der Waals surface area (Å²) in [5, 5.41) is 0.572. The number of esters is 1. The zero-order chi connectivity index (χ0) is 15.7. The minimum Gasteiger partial charge on any atom is -0.461 e. The first kappa shape index (κ1) is 14.7. The number of nitrogens with one attached hydrogen (secondary N) is 1. The first-order chi connectivity index (χ1) is 10.6. The van der Waals surface area contributed by atoms with Gasteiger partial charge in [-0.15, -0.1) is 0 Å². The lowest BCUT2D eigenvalue weighted by Crippen LogP contribution is -2.38. The molecule has 1 fully saturated rings. The summed E-state index contributed by atoms with van der Waals surface area (Å²) >= 11 is 0. The number of likely N-dealkylation sites (N-methyl/N-ethyl adjacent to an activating group) is 1. The molecule has 116 valence electrons. The van der Waals surface area contributed by atoms with Crippen molar-refractivity contribution >= 4 is 16.9 Å². The lowest BCUT2D eigenvalue weighted by atomic mass is 10.1. The minimum atomic E-state index is -0.267. The number of carbonyl (C=O) groups is 1. The zero-order valence-electron chi connectivity index (χ0n) is 12.7. The quantitative estimate of drug-likeness (QED) is 0.865. The van der Waals surface area contributed by atoms with Gasteiger partial charge in [0.15, 0.2) is 0 Å². The maximum atomic E-state index is 12.1. The third kappa shape index (κ3) is 2.74. The number of cyclic esters (lactones) is 1. The van der Waals surface area contributed by atoms with Crippen molar-refractivity contribution in [3.05, 3.63) is 40.4 Å². The third-order valence-corrected chi connectivity index (χ3v) is 4.01. The fourth-order valence-electron chi connectivity index (χ4n) is 2.88. The maximum absolute atomic E-state index is 12.1. The van der Waals surface area contributed by atoms with Crippen LogP contribution in [0, 0.1) is 0 Å². The number of carbonyl (C=O) groups excluding carboxylic acids is 1. The van der Waals surface area contributed by atoms with Crippen molar-refractivity contribution in [3.63, 3.8) is 0 Å². The molecular formula is C16H19N3O3. The van der Waals surface area contributed by atoms with Gasteiger partial charge in [-0.3, -0.25) is 14.5 Å². The number of H-pyrrole nitrogens is 1. The van der Waals surface area contributed by atoms with Crippen LogP contribution < -0.4 is 5.56 Å². The Morgan fingerprint density at radius 2 is 2.14 bits per heavy atom. The molecule has 0 amide bonds. The van der Waals surface area contributed by atoms with E-state index in [0.29, 0.717) is 36.2 Å². The van der Waals surface area contributed by atoms with Crippen LogP contribution in [-0.2, 0) is 16.1 Å². The van der Waals surface area contributed by atoms with E-state index in [4.69, 9.17) is 4.74 Å². The first-order valence-corrected chi connectivity index (χ1v) is 7.51. The number of nitrogens with zero attached hydrogens (tertiary/aromatic N) is 2. The van der Waals surface area contributed by atoms with Crippen LogP contribution in [0.2, 0.25) is 0 Å². The molecular weight excluding hydrogens is 282 g/mol. The number of rotatable bonds is 4. The van der Waals surface area contributed by atoms with Gasteiger partial charge < -0.3 is 9.72 Å². The fourth-order valence-corrected chi connectivity index (χ4v) is 2.88. The number of para-hydroxylation sites is 1. The smallest absolute Gasteiger partial charge is 0.323 e. The second-order valence-electron chi connectivity index (χ2n) is 5.59. The molecule has 0 spiro atoms. The fraction of sp³-hybridized carbons (Fsp3) is 0.438. The van der Waals surface area contributed by atoms with E-state index in [1.54, 1.807) is 6.07 Å². The molecule has 1 aliphatic rings. The second kappa shape index (κ2) is 5.88. The van der Waals surface area contributed by atoms with Crippen LogP contribution in [0.4, 0.5) is 0 Å². The number of ether oxygens (including phenoxy) is 1. The highest BCUT2D eigenvalue weighted by Crippen LogP contribution is 2.21. The van der Waals surface area contributed by atoms with Gasteiger partial charge in [0.05, 0.1) is 17.4 Å². The van der Waals surface area contributed by atoms with Gasteiger partial charge >= 0.3 is 5.97 Å². The van der Waals surface area contributed by atoms with Crippen LogP contribution in [0.1, 0.15) is 26.1 Å². The standard InChI is InChI=1S/C16H19N3O3/c1-3-19(13-8-10(2)22-16(13)21)9-14-17-12-7-5-4-6-11(12)15(20)18-14/h4-7,10,13H,3,8-9H2,1-2H3,(H,17,18,20). The molecule has 2 heterocycles. The van der Waals surface area contributed by atoms with Crippen molar-refractivity contribution in [2.24, 2.45) is 0 Å². The molecule has 6 nitrogen and oxygen atoms in total. The van der Waals surface area contributed by atoms with Gasteiger partial charge in [-0.1, -0.05) is 19.1 Å². The average Bonchev–Trinajstić information content (AvgIpc) is 2.83. The van der Waals surface area contributed by atoms with Crippen LogP contribution >= 0.6 is 0 Å². The van der Waals surface area contributed by atoms with E-state index in [0.717, 1.165) is 0 Å². The van der Waals surface area contributed by atoms with E-state index in [2.05, 4.69) is 9.97 Å². The van der Waals surface area contributed by atoms with Crippen molar-refractivity contribution in [1.29, 1.82) is 0 Å². The van der Waals surface area contributed by atoms with Gasteiger partial charge in [-0.2, -0.15) is 0 Å². The molecule has 0 radical (unpaired) electrons. The molecule has 2 atom stereocenters. The van der Waals surface area contributed by atoms with Crippen molar-refractivity contribution in [3.8, 4) is 0 Å². The lowest BCUT2D eigenvalue weighted by molar-refractivity contribution is -0.144. The van der Waals surface area contributed by atoms with Gasteiger partial charge in [0.1, 0.15) is 18.0 Å². The number of hydrogen-bond donors (Lipinski definition) is 1. The summed E-state index contributed by atoms with van der Waals surface area (Å²) < 4.78 is 5.22. The van der Waals surface area contributed by atoms with Crippen LogP contribution in [0.15, 0.2) is 29.1 Å². The molecule has 0 saturated carbocycles. The number of fused-ring (bicyclic) bond motifs is 1. The van der Waals surface area contributed by atoms with Crippen molar-refractivity contribution in [2.75, 3.05) is 6.54 Å². The summed E-state index contributed by atoms with van der Waals surface area (Å²) in [4.78, 5) is 33.3. The Labute approximate surface area is 128 Å². The van der Waals surface area contributed by atoms with Gasteiger partial charge in [0, 0.05) is 6.42 Å². The van der Waals surface area contributed by atoms with E-state index >= 15 is 0 Å². The molecule has 1 saturated heterocycles. The van der Waals surface area contributed by atoms with Crippen molar-refractivity contribution in [1.82, 2.24) is 14.9 Å². The molecule has 2 aromatic rings. The van der Waals surface area contributed by atoms with E-state index in [-0.39, 0.29) is 23.7 Å². The van der Waals surface area contributed by atoms with Crippen molar-refractivity contribution in [2.45, 2.75) is 39.0 Å². The summed E-state index contributed by atoms with van der Waals surface area (Å²) in [6, 6.07) is 6.96. The van der Waals surface area contributed by atoms with E-state index < -0.39 is 0 Å². The Hall–Kier alpha value is -2.21. The number of benzene rings is 1. The predicted octanol–water partition coefficient (Wildman–Crippen LogP) is 1.45. The zero-order valence-corrected chi connectivity index (χ0v) is 12.7. The Kier molecular flexibility index (Phi) is 3.94. The van der Waals surface area contributed by atoms with E-state index in [1.165, 1.54) is 0 Å². The lowest BCUT2D eigenvalue weighted by Gasteiger charge is -2.23. The Bertz CT molecular complexity index is 756. The summed E-state index contributed by atoms with van der Waals surface area (Å²) in [5.41, 5.74) is 0.513. The normalized spacial score (nSPS) is 21.5. The van der Waals surface area contributed by atoms with Gasteiger partial charge in [-0.25, -0.2) is 4.98 Å². The Morgan fingerprint density at radius 1 is 1.36 bits per heavy atom. The van der Waals surface area contributed by atoms with Gasteiger partial charge in [0.25, 0.3) is 5.56 Å². The topological polar surface area (TPSA) is 75.3 Å². The second-order valence-corrected chi connectivity index (χ2v) is 5.59. The monoisotopic (exact) mass is 301 g/mol. The molecule has 2 unspecified atom stereocenters. The summed E-state index contributed by atoms with van der Waals surface area (Å²) in [6.07, 6.45) is 0.611. The van der Waals surface area contributed by atoms with Crippen LogP contribution in [0.25, 0.3) is 10.9 Å². The minimum absolute atomic E-state index is 0.0600. The molecule has 0 bridgehead atoms. The number of aromatic amines is 1. The largest absolute Gasteiger partial charge is 0.461 e. The van der Waals surface area contributed by atoms with Crippen LogP contribution in [0.3, 0.4) is 0 Å². The van der Waals surface area contributed by atoms with Crippen molar-refractivity contribution < 1.29 is 9.53 Å². The maximum Gasteiger partial charge on any atom is 0.323 e. The van der Waals surface area contributed by atoms with Crippen LogP contribution in [-0.4, -0.2) is 39.5 Å². The highest BCUT2D eigenvalue weighted by molar-refractivity contribution is 5.78. The molecule has 6 heteroatoms. The molecule has 22 heavy (non-hydrogen) atoms. The highest BCUT2D eigenvalue weighted by atomic mass is 16.6. The molecule has 1 aromatic heterocycles. The van der Waals surface area contributed by atoms with Gasteiger partial charge in [-0.05, 0) is 25.6 Å². The summed E-state index contributed by atoms with van der Waals surface area (Å²) in [5.74, 6) is 0.371.